The topological polar surface area (TPSA) is 35.5 Å². The van der Waals surface area contributed by atoms with E-state index in [0.717, 1.165) is 70.4 Å². The highest BCUT2D eigenvalue weighted by molar-refractivity contribution is 5.17. The van der Waals surface area contributed by atoms with Crippen LogP contribution < -0.4 is 5.32 Å². The number of hydrogen-bond donors (Lipinski definition) is 2. The van der Waals surface area contributed by atoms with Crippen LogP contribution in [0.1, 0.15) is 31.2 Å². The predicted molar refractivity (Wildman–Crippen MR) is 90.9 cm³/mol. The Morgan fingerprint density at radius 2 is 1.83 bits per heavy atom. The Bertz CT molecular complexity index is 482. The summed E-state index contributed by atoms with van der Waals surface area (Å²) in [5.74, 6) is 0.947. The minimum Gasteiger partial charge on any atom is -0.392 e. The van der Waals surface area contributed by atoms with Crippen LogP contribution in [0.2, 0.25) is 0 Å². The Morgan fingerprint density at radius 1 is 1.13 bits per heavy atom. The first kappa shape index (κ1) is 16.9. The molecule has 128 valence electrons. The van der Waals surface area contributed by atoms with Crippen molar-refractivity contribution in [3.05, 3.63) is 35.6 Å². The maximum absolute atomic E-state index is 13.8. The first-order valence-corrected chi connectivity index (χ1v) is 9.07. The molecule has 4 heteroatoms. The predicted octanol–water partition coefficient (Wildman–Crippen LogP) is 2.44. The second-order valence-corrected chi connectivity index (χ2v) is 7.19. The van der Waals surface area contributed by atoms with Gasteiger partial charge in [0.25, 0.3) is 0 Å². The lowest BCUT2D eigenvalue weighted by Crippen LogP contribution is -2.43. The number of rotatable bonds is 5. The maximum atomic E-state index is 13.8. The van der Waals surface area contributed by atoms with Gasteiger partial charge in [0, 0.05) is 6.54 Å². The first-order valence-electron chi connectivity index (χ1n) is 9.07. The average molecular weight is 320 g/mol. The van der Waals surface area contributed by atoms with E-state index in [1.165, 1.54) is 0 Å². The molecule has 0 spiro atoms. The molecule has 1 atom stereocenters. The molecule has 0 aromatic heterocycles. The number of hydrogen-bond acceptors (Lipinski definition) is 3. The van der Waals surface area contributed by atoms with Crippen LogP contribution in [0.3, 0.4) is 0 Å². The summed E-state index contributed by atoms with van der Waals surface area (Å²) in [5.41, 5.74) is 0.848. The van der Waals surface area contributed by atoms with E-state index >= 15 is 0 Å². The fourth-order valence-electron chi connectivity index (χ4n) is 3.99. The Morgan fingerprint density at radius 3 is 2.52 bits per heavy atom. The highest BCUT2D eigenvalue weighted by Gasteiger charge is 2.26. The summed E-state index contributed by atoms with van der Waals surface area (Å²) in [6, 6.07) is 7.13. The maximum Gasteiger partial charge on any atom is 0.126 e. The number of nitrogens with zero attached hydrogens (tertiary/aromatic N) is 1. The lowest BCUT2D eigenvalue weighted by molar-refractivity contribution is 0.0388. The van der Waals surface area contributed by atoms with E-state index < -0.39 is 0 Å². The van der Waals surface area contributed by atoms with E-state index in [-0.39, 0.29) is 11.9 Å². The molecule has 1 aromatic rings. The molecule has 0 amide bonds. The highest BCUT2D eigenvalue weighted by Crippen LogP contribution is 2.24. The molecule has 2 N–H and O–H groups in total. The monoisotopic (exact) mass is 320 g/mol. The molecule has 3 rings (SSSR count). The fourth-order valence-corrected chi connectivity index (χ4v) is 3.99. The normalized spacial score (nSPS) is 23.0. The Kier molecular flexibility index (Phi) is 6.03. The lowest BCUT2D eigenvalue weighted by atomic mass is 9.88. The third-order valence-electron chi connectivity index (χ3n) is 5.55. The van der Waals surface area contributed by atoms with Gasteiger partial charge in [-0.2, -0.15) is 0 Å². The minimum atomic E-state index is -0.194. The summed E-state index contributed by atoms with van der Waals surface area (Å²) in [4.78, 5) is 2.39. The van der Waals surface area contributed by atoms with Gasteiger partial charge >= 0.3 is 0 Å². The van der Waals surface area contributed by atoms with Crippen molar-refractivity contribution in [3.63, 3.8) is 0 Å². The van der Waals surface area contributed by atoms with Gasteiger partial charge in [-0.15, -0.1) is 0 Å². The molecule has 3 nitrogen and oxygen atoms in total. The number of likely N-dealkylation sites (tertiary alicyclic amines) is 1. The van der Waals surface area contributed by atoms with Crippen molar-refractivity contribution in [1.29, 1.82) is 0 Å². The van der Waals surface area contributed by atoms with Crippen molar-refractivity contribution >= 4 is 0 Å². The summed E-state index contributed by atoms with van der Waals surface area (Å²) in [6.45, 7) is 4.93. The summed E-state index contributed by atoms with van der Waals surface area (Å²) >= 11 is 0. The smallest absolute Gasteiger partial charge is 0.126 e. The van der Waals surface area contributed by atoms with E-state index in [9.17, 15) is 9.50 Å². The van der Waals surface area contributed by atoms with Crippen LogP contribution >= 0.6 is 0 Å². The van der Waals surface area contributed by atoms with E-state index in [1.54, 1.807) is 12.1 Å². The molecule has 2 heterocycles. The van der Waals surface area contributed by atoms with Crippen molar-refractivity contribution < 1.29 is 9.50 Å². The second kappa shape index (κ2) is 8.22. The Labute approximate surface area is 138 Å². The van der Waals surface area contributed by atoms with Gasteiger partial charge in [0.1, 0.15) is 5.82 Å². The van der Waals surface area contributed by atoms with Crippen molar-refractivity contribution in [3.8, 4) is 0 Å². The zero-order valence-electron chi connectivity index (χ0n) is 13.9. The number of aliphatic hydroxyl groups is 1. The zero-order chi connectivity index (χ0) is 16.1. The van der Waals surface area contributed by atoms with Crippen LogP contribution in [0, 0.1) is 17.7 Å². The van der Waals surface area contributed by atoms with Crippen LogP contribution in [0.4, 0.5) is 4.39 Å². The van der Waals surface area contributed by atoms with Gasteiger partial charge in [0.05, 0.1) is 6.10 Å². The number of nitrogens with one attached hydrogen (secondary N) is 1. The van der Waals surface area contributed by atoms with Gasteiger partial charge in [-0.25, -0.2) is 4.39 Å². The molecule has 0 saturated carbocycles. The first-order chi connectivity index (χ1) is 11.2. The van der Waals surface area contributed by atoms with Crippen LogP contribution in [0.15, 0.2) is 24.3 Å². The summed E-state index contributed by atoms with van der Waals surface area (Å²) in [7, 11) is 0. The number of halogens is 1. The van der Waals surface area contributed by atoms with Crippen molar-refractivity contribution in [2.45, 2.75) is 38.2 Å². The molecular formula is C19H29FN2O. The van der Waals surface area contributed by atoms with Gasteiger partial charge in [-0.1, -0.05) is 18.2 Å². The van der Waals surface area contributed by atoms with E-state index in [4.69, 9.17) is 0 Å². The molecule has 2 saturated heterocycles. The van der Waals surface area contributed by atoms with Gasteiger partial charge in [0.15, 0.2) is 0 Å². The van der Waals surface area contributed by atoms with Crippen LogP contribution in [-0.4, -0.2) is 48.8 Å². The van der Waals surface area contributed by atoms with E-state index in [1.807, 2.05) is 12.1 Å². The van der Waals surface area contributed by atoms with E-state index in [0.29, 0.717) is 11.8 Å². The SMILES string of the molecule is OC(CN1CCC(Cc2ccccc2F)CC1)C1CCNCC1. The number of piperidine rings is 2. The fraction of sp³-hybridized carbons (Fsp3) is 0.684. The van der Waals surface area contributed by atoms with Gasteiger partial charge < -0.3 is 15.3 Å². The van der Waals surface area contributed by atoms with E-state index in [2.05, 4.69) is 10.2 Å². The molecule has 2 fully saturated rings. The van der Waals surface area contributed by atoms with Crippen molar-refractivity contribution in [2.75, 3.05) is 32.7 Å². The molecule has 0 aliphatic carbocycles. The quantitative estimate of drug-likeness (QED) is 0.875. The molecule has 2 aliphatic rings. The van der Waals surface area contributed by atoms with Crippen LogP contribution in [0.25, 0.3) is 0 Å². The average Bonchev–Trinajstić information content (AvgIpc) is 2.59. The largest absolute Gasteiger partial charge is 0.392 e. The van der Waals surface area contributed by atoms with Gasteiger partial charge in [-0.05, 0) is 81.7 Å². The third kappa shape index (κ3) is 4.75. The van der Waals surface area contributed by atoms with Crippen molar-refractivity contribution in [1.82, 2.24) is 10.2 Å². The zero-order valence-corrected chi connectivity index (χ0v) is 13.9. The second-order valence-electron chi connectivity index (χ2n) is 7.19. The third-order valence-corrected chi connectivity index (χ3v) is 5.55. The van der Waals surface area contributed by atoms with Gasteiger partial charge in [0.2, 0.25) is 0 Å². The molecule has 23 heavy (non-hydrogen) atoms. The lowest BCUT2D eigenvalue weighted by Gasteiger charge is -2.36. The molecule has 2 aliphatic heterocycles. The molecule has 1 aromatic carbocycles. The molecule has 0 radical (unpaired) electrons. The molecule has 1 unspecified atom stereocenters. The number of β-amino-alcohol motifs (C(OH)–C–C–N with tert-alkyl or cyclic N) is 1. The van der Waals surface area contributed by atoms with Crippen LogP contribution in [-0.2, 0) is 6.42 Å². The minimum absolute atomic E-state index is 0.0729. The summed E-state index contributed by atoms with van der Waals surface area (Å²) in [5, 5.41) is 13.8. The Balaban J connectivity index is 1.42. The molecule has 0 bridgehead atoms. The Hall–Kier alpha value is -0.970. The van der Waals surface area contributed by atoms with Gasteiger partial charge in [-0.3, -0.25) is 0 Å². The van der Waals surface area contributed by atoms with Crippen molar-refractivity contribution in [2.24, 2.45) is 11.8 Å². The number of benzene rings is 1. The summed E-state index contributed by atoms with van der Waals surface area (Å²) in [6.07, 6.45) is 5.04. The summed E-state index contributed by atoms with van der Waals surface area (Å²) < 4.78 is 13.8. The standard InChI is InChI=1S/C19H29FN2O/c20-18-4-2-1-3-17(18)13-15-7-11-22(12-8-15)14-19(23)16-5-9-21-10-6-16/h1-4,15-16,19,21,23H,5-14H2. The number of aliphatic hydroxyl groups excluding tert-OH is 1. The van der Waals surface area contributed by atoms with Crippen LogP contribution in [0.5, 0.6) is 0 Å². The molecular weight excluding hydrogens is 291 g/mol. The highest BCUT2D eigenvalue weighted by atomic mass is 19.1.